The first-order chi connectivity index (χ1) is 11.0. The molecule has 0 atom stereocenters. The van der Waals surface area contributed by atoms with Crippen LogP contribution in [0.15, 0.2) is 10.5 Å². The maximum atomic E-state index is 12.5. The van der Waals surface area contributed by atoms with Gasteiger partial charge in [-0.15, -0.1) is 11.3 Å². The number of methoxy groups -OCH3 is 2. The molecule has 0 aliphatic rings. The normalized spacial score (nSPS) is 12.2. The van der Waals surface area contributed by atoms with Gasteiger partial charge < -0.3 is 18.1 Å². The number of alkyl halides is 3. The number of ether oxygens (including phenoxy) is 2. The van der Waals surface area contributed by atoms with Gasteiger partial charge in [0.25, 0.3) is 5.76 Å². The lowest BCUT2D eigenvalue weighted by Gasteiger charge is -2.08. The number of fused-ring (bicyclic) bond motifs is 1. The van der Waals surface area contributed by atoms with E-state index < -0.39 is 39.1 Å². The first kappa shape index (κ1) is 18.1. The van der Waals surface area contributed by atoms with Crippen LogP contribution in [-0.4, -0.2) is 40.1 Å². The molecule has 0 aromatic carbocycles. The Morgan fingerprint density at radius 1 is 1.17 bits per heavy atom. The van der Waals surface area contributed by atoms with Gasteiger partial charge in [-0.3, -0.25) is 0 Å². The molecule has 8 nitrogen and oxygen atoms in total. The quantitative estimate of drug-likeness (QED) is 0.446. The average molecular weight is 388 g/mol. The number of hydrogen-bond acceptors (Lipinski definition) is 9. The Hall–Kier alpha value is -2.28. The fourth-order valence-corrected chi connectivity index (χ4v) is 3.04. The van der Waals surface area contributed by atoms with Gasteiger partial charge in [0.05, 0.1) is 14.2 Å². The summed E-state index contributed by atoms with van der Waals surface area (Å²) >= 11 is 0.524. The second-order valence-electron chi connectivity index (χ2n) is 4.03. The van der Waals surface area contributed by atoms with Crippen LogP contribution in [0, 0.1) is 0 Å². The highest BCUT2D eigenvalue weighted by Gasteiger charge is 2.50. The minimum Gasteiger partial charge on any atom is -0.465 e. The molecule has 0 radical (unpaired) electrons. The molecular weight excluding hydrogens is 381 g/mol. The Balaban J connectivity index is 2.65. The lowest BCUT2D eigenvalue weighted by Crippen LogP contribution is -2.28. The third-order valence-corrected chi connectivity index (χ3v) is 4.60. The smallest absolute Gasteiger partial charge is 0.465 e. The lowest BCUT2D eigenvalue weighted by molar-refractivity contribution is -0.0500. The fraction of sp³-hybridized carbons (Fsp3) is 0.273. The van der Waals surface area contributed by atoms with E-state index in [0.717, 1.165) is 20.3 Å². The van der Waals surface area contributed by atoms with E-state index in [2.05, 4.69) is 13.7 Å². The Morgan fingerprint density at radius 2 is 1.75 bits per heavy atom. The van der Waals surface area contributed by atoms with Crippen molar-refractivity contribution in [2.75, 3.05) is 14.2 Å². The van der Waals surface area contributed by atoms with Crippen LogP contribution in [0.3, 0.4) is 0 Å². The predicted molar refractivity (Wildman–Crippen MR) is 72.4 cm³/mol. The van der Waals surface area contributed by atoms with Crippen molar-refractivity contribution in [3.63, 3.8) is 0 Å². The molecule has 2 aromatic rings. The standard InChI is InChI=1S/C11H7F3O8S2/c1-19-9(15)5-3-4-8(23-5)6(7(21-4)10(16)20-2)22-24(17,18)11(12,13)14/h3H,1-2H3. The Morgan fingerprint density at radius 3 is 2.25 bits per heavy atom. The van der Waals surface area contributed by atoms with E-state index in [4.69, 9.17) is 4.42 Å². The maximum absolute atomic E-state index is 12.5. The molecule has 0 aliphatic heterocycles. The molecule has 0 amide bonds. The molecule has 24 heavy (non-hydrogen) atoms. The van der Waals surface area contributed by atoms with Crippen molar-refractivity contribution in [3.8, 4) is 5.75 Å². The van der Waals surface area contributed by atoms with E-state index in [1.165, 1.54) is 0 Å². The summed E-state index contributed by atoms with van der Waals surface area (Å²) < 4.78 is 77.3. The highest BCUT2D eigenvalue weighted by Crippen LogP contribution is 2.42. The zero-order valence-electron chi connectivity index (χ0n) is 11.8. The molecule has 0 bridgehead atoms. The van der Waals surface area contributed by atoms with Crippen molar-refractivity contribution < 1.29 is 49.3 Å². The highest BCUT2D eigenvalue weighted by atomic mass is 32.2. The van der Waals surface area contributed by atoms with Crippen LogP contribution in [0.2, 0.25) is 0 Å². The number of carbonyl (C=O) groups excluding carboxylic acids is 2. The van der Waals surface area contributed by atoms with Gasteiger partial charge >= 0.3 is 27.6 Å². The van der Waals surface area contributed by atoms with Crippen LogP contribution in [0.1, 0.15) is 20.2 Å². The summed E-state index contributed by atoms with van der Waals surface area (Å²) in [4.78, 5) is 22.9. The fourth-order valence-electron chi connectivity index (χ4n) is 1.53. The number of hydrogen-bond donors (Lipinski definition) is 0. The number of halogens is 3. The van der Waals surface area contributed by atoms with Crippen LogP contribution >= 0.6 is 11.3 Å². The summed E-state index contributed by atoms with van der Waals surface area (Å²) in [6, 6.07) is 1.06. The number of rotatable bonds is 4. The van der Waals surface area contributed by atoms with Crippen molar-refractivity contribution in [2.24, 2.45) is 0 Å². The van der Waals surface area contributed by atoms with E-state index in [0.29, 0.717) is 11.3 Å². The molecule has 132 valence electrons. The van der Waals surface area contributed by atoms with Crippen LogP contribution in [0.5, 0.6) is 5.75 Å². The summed E-state index contributed by atoms with van der Waals surface area (Å²) in [5.74, 6) is -4.00. The molecule has 0 unspecified atom stereocenters. The molecule has 0 saturated carbocycles. The van der Waals surface area contributed by atoms with Gasteiger partial charge in [0, 0.05) is 6.07 Å². The molecular formula is C11H7F3O8S2. The van der Waals surface area contributed by atoms with E-state index in [-0.39, 0.29) is 15.2 Å². The van der Waals surface area contributed by atoms with Gasteiger partial charge in [0.1, 0.15) is 9.58 Å². The third-order valence-electron chi connectivity index (χ3n) is 2.56. The molecule has 0 aliphatic carbocycles. The van der Waals surface area contributed by atoms with E-state index >= 15 is 0 Å². The Labute approximate surface area is 135 Å². The van der Waals surface area contributed by atoms with Gasteiger partial charge in [0.15, 0.2) is 5.58 Å². The molecule has 2 heterocycles. The molecule has 2 aromatic heterocycles. The van der Waals surface area contributed by atoms with Gasteiger partial charge in [-0.25, -0.2) is 9.59 Å². The summed E-state index contributed by atoms with van der Waals surface area (Å²) in [5.41, 5.74) is -5.97. The van der Waals surface area contributed by atoms with Gasteiger partial charge in [-0.05, 0) is 0 Å². The van der Waals surface area contributed by atoms with E-state index in [1.807, 2.05) is 0 Å². The summed E-state index contributed by atoms with van der Waals surface area (Å²) in [6.07, 6.45) is 0. The minimum atomic E-state index is -6.07. The Bertz CT molecular complexity index is 906. The van der Waals surface area contributed by atoms with Crippen molar-refractivity contribution in [3.05, 3.63) is 16.7 Å². The molecule has 0 saturated heterocycles. The van der Waals surface area contributed by atoms with Crippen molar-refractivity contribution in [1.82, 2.24) is 0 Å². The zero-order valence-corrected chi connectivity index (χ0v) is 13.4. The predicted octanol–water partition coefficient (Wildman–Crippen LogP) is 2.30. The topological polar surface area (TPSA) is 109 Å². The Kier molecular flexibility index (Phi) is 4.50. The second-order valence-corrected chi connectivity index (χ2v) is 6.62. The molecule has 13 heteroatoms. The van der Waals surface area contributed by atoms with Crippen LogP contribution in [0.25, 0.3) is 10.3 Å². The summed E-state index contributed by atoms with van der Waals surface area (Å²) in [7, 11) is -4.10. The lowest BCUT2D eigenvalue weighted by atomic mass is 10.4. The van der Waals surface area contributed by atoms with Crippen molar-refractivity contribution in [1.29, 1.82) is 0 Å². The third kappa shape index (κ3) is 3.03. The zero-order chi connectivity index (χ0) is 18.3. The maximum Gasteiger partial charge on any atom is 0.534 e. The largest absolute Gasteiger partial charge is 0.534 e. The highest BCUT2D eigenvalue weighted by molar-refractivity contribution is 7.88. The molecule has 0 N–H and O–H groups in total. The van der Waals surface area contributed by atoms with E-state index in [9.17, 15) is 31.2 Å². The minimum absolute atomic E-state index is 0.100. The van der Waals surface area contributed by atoms with Gasteiger partial charge in [0.2, 0.25) is 5.75 Å². The van der Waals surface area contributed by atoms with Crippen LogP contribution < -0.4 is 4.18 Å². The van der Waals surface area contributed by atoms with Crippen molar-refractivity contribution in [2.45, 2.75) is 5.51 Å². The SMILES string of the molecule is COC(=O)c1cc2oc(C(=O)OC)c(OS(=O)(=O)C(F)(F)F)c2s1. The first-order valence-electron chi connectivity index (χ1n) is 5.75. The van der Waals surface area contributed by atoms with Gasteiger partial charge in [-0.1, -0.05) is 0 Å². The van der Waals surface area contributed by atoms with Crippen LogP contribution in [0.4, 0.5) is 13.2 Å². The average Bonchev–Trinajstić information content (AvgIpc) is 3.03. The van der Waals surface area contributed by atoms with Gasteiger partial charge in [-0.2, -0.15) is 21.6 Å². The molecule has 2 rings (SSSR count). The number of thiophene rings is 1. The summed E-state index contributed by atoms with van der Waals surface area (Å²) in [5, 5.41) is 0. The number of carbonyl (C=O) groups is 2. The number of esters is 2. The first-order valence-corrected chi connectivity index (χ1v) is 7.98. The van der Waals surface area contributed by atoms with E-state index in [1.54, 1.807) is 0 Å². The molecule has 0 spiro atoms. The van der Waals surface area contributed by atoms with Crippen LogP contribution in [-0.2, 0) is 19.6 Å². The van der Waals surface area contributed by atoms with Crippen molar-refractivity contribution >= 4 is 43.7 Å². The number of furan rings is 1. The molecule has 0 fully saturated rings. The second kappa shape index (κ2) is 5.98. The summed E-state index contributed by atoms with van der Waals surface area (Å²) in [6.45, 7) is 0. The monoisotopic (exact) mass is 388 g/mol.